The van der Waals surface area contributed by atoms with Gasteiger partial charge in [0.1, 0.15) is 18.1 Å². The fourth-order valence-electron chi connectivity index (χ4n) is 3.27. The zero-order valence-electron chi connectivity index (χ0n) is 14.5. The lowest BCUT2D eigenvalue weighted by Gasteiger charge is -2.37. The van der Waals surface area contributed by atoms with Crippen LogP contribution in [0.25, 0.3) is 11.2 Å². The normalized spacial score (nSPS) is 21.2. The molecule has 0 unspecified atom stereocenters. The number of nitrogens with zero attached hydrogens (tertiary/aromatic N) is 6. The van der Waals surface area contributed by atoms with Crippen LogP contribution in [-0.2, 0) is 11.3 Å². The van der Waals surface area contributed by atoms with Crippen molar-refractivity contribution in [3.05, 3.63) is 42.7 Å². The van der Waals surface area contributed by atoms with Crippen LogP contribution < -0.4 is 5.32 Å². The van der Waals surface area contributed by atoms with Gasteiger partial charge in [-0.2, -0.15) is 0 Å². The number of pyridine rings is 1. The first-order chi connectivity index (χ1) is 12.8. The zero-order chi connectivity index (χ0) is 17.9. The zero-order valence-corrected chi connectivity index (χ0v) is 14.5. The summed E-state index contributed by atoms with van der Waals surface area (Å²) in [7, 11) is 1.80. The van der Waals surface area contributed by atoms with E-state index in [0.29, 0.717) is 30.1 Å². The van der Waals surface area contributed by atoms with Gasteiger partial charge in [-0.3, -0.25) is 14.5 Å². The van der Waals surface area contributed by atoms with E-state index in [9.17, 15) is 5.11 Å². The van der Waals surface area contributed by atoms with Crippen molar-refractivity contribution in [1.29, 1.82) is 0 Å². The van der Waals surface area contributed by atoms with Gasteiger partial charge in [0, 0.05) is 39.1 Å². The second kappa shape index (κ2) is 7.32. The molecule has 4 rings (SSSR count). The minimum atomic E-state index is -0.290. The lowest BCUT2D eigenvalue weighted by Crippen LogP contribution is -2.46. The second-order valence-electron chi connectivity index (χ2n) is 6.25. The monoisotopic (exact) mass is 355 g/mol. The summed E-state index contributed by atoms with van der Waals surface area (Å²) < 4.78 is 7.96. The fraction of sp³-hybridized carbons (Fsp3) is 0.412. The highest BCUT2D eigenvalue weighted by molar-refractivity contribution is 5.82. The first-order valence-corrected chi connectivity index (χ1v) is 8.51. The molecule has 0 radical (unpaired) electrons. The molecule has 1 saturated heterocycles. The Kier molecular flexibility index (Phi) is 4.74. The molecule has 26 heavy (non-hydrogen) atoms. The summed E-state index contributed by atoms with van der Waals surface area (Å²) in [5.74, 6) is 0.676. The molecular weight excluding hydrogens is 334 g/mol. The standard InChI is InChI=1S/C17H21N7O2/c1-18-16-15-17(21-10-20-16)24(11-22-15)14-8-23(7-13(9-25)26-14)6-12-3-2-4-19-5-12/h2-5,10-11,13-14,25H,6-9H2,1H3,(H,18,20,21)/t13-,14+/m0/s1. The number of morpholine rings is 1. The summed E-state index contributed by atoms with van der Waals surface area (Å²) in [5.41, 5.74) is 2.53. The summed E-state index contributed by atoms with van der Waals surface area (Å²) in [5, 5.41) is 12.7. The third kappa shape index (κ3) is 3.24. The summed E-state index contributed by atoms with van der Waals surface area (Å²) >= 11 is 0. The lowest BCUT2D eigenvalue weighted by atomic mass is 10.2. The van der Waals surface area contributed by atoms with Gasteiger partial charge in [-0.15, -0.1) is 0 Å². The highest BCUT2D eigenvalue weighted by Gasteiger charge is 2.30. The number of nitrogens with one attached hydrogen (secondary N) is 1. The number of imidazole rings is 1. The first kappa shape index (κ1) is 16.8. The Morgan fingerprint density at radius 2 is 2.23 bits per heavy atom. The van der Waals surface area contributed by atoms with Crippen molar-refractivity contribution in [2.24, 2.45) is 0 Å². The van der Waals surface area contributed by atoms with Crippen LogP contribution in [0.5, 0.6) is 0 Å². The van der Waals surface area contributed by atoms with Gasteiger partial charge in [0.2, 0.25) is 0 Å². The largest absolute Gasteiger partial charge is 0.394 e. The summed E-state index contributed by atoms with van der Waals surface area (Å²) in [6, 6.07) is 3.97. The number of aliphatic hydroxyl groups excluding tert-OH is 1. The van der Waals surface area contributed by atoms with Gasteiger partial charge >= 0.3 is 0 Å². The van der Waals surface area contributed by atoms with E-state index in [0.717, 1.165) is 12.1 Å². The fourth-order valence-corrected chi connectivity index (χ4v) is 3.27. The van der Waals surface area contributed by atoms with Crippen LogP contribution >= 0.6 is 0 Å². The third-order valence-electron chi connectivity index (χ3n) is 4.46. The van der Waals surface area contributed by atoms with E-state index in [-0.39, 0.29) is 18.9 Å². The van der Waals surface area contributed by atoms with Crippen LogP contribution in [0.4, 0.5) is 5.82 Å². The molecule has 2 N–H and O–H groups in total. The molecule has 3 aromatic heterocycles. The maximum absolute atomic E-state index is 9.66. The van der Waals surface area contributed by atoms with Crippen molar-refractivity contribution in [3.8, 4) is 0 Å². The molecule has 9 nitrogen and oxygen atoms in total. The molecule has 0 aliphatic carbocycles. The summed E-state index contributed by atoms with van der Waals surface area (Å²) in [6.45, 7) is 2.03. The maximum atomic E-state index is 9.66. The van der Waals surface area contributed by atoms with Crippen LogP contribution in [0, 0.1) is 0 Å². The Hall–Kier alpha value is -2.62. The number of rotatable bonds is 5. The highest BCUT2D eigenvalue weighted by Crippen LogP contribution is 2.26. The quantitative estimate of drug-likeness (QED) is 0.688. The van der Waals surface area contributed by atoms with Gasteiger partial charge in [-0.05, 0) is 11.6 Å². The van der Waals surface area contributed by atoms with Crippen molar-refractivity contribution >= 4 is 17.0 Å². The number of aromatic nitrogens is 5. The summed E-state index contributed by atoms with van der Waals surface area (Å²) in [4.78, 5) is 19.4. The number of hydrogen-bond donors (Lipinski definition) is 2. The molecule has 0 spiro atoms. The molecular formula is C17H21N7O2. The third-order valence-corrected chi connectivity index (χ3v) is 4.46. The highest BCUT2D eigenvalue weighted by atomic mass is 16.5. The van der Waals surface area contributed by atoms with Gasteiger partial charge in [0.15, 0.2) is 11.5 Å². The van der Waals surface area contributed by atoms with Crippen LogP contribution in [0.1, 0.15) is 11.8 Å². The predicted octanol–water partition coefficient (Wildman–Crippen LogP) is 0.655. The SMILES string of the molecule is CNc1ncnc2c1ncn2[C@H]1CN(Cc2cccnc2)C[C@@H](CO)O1. The first-order valence-electron chi connectivity index (χ1n) is 8.51. The number of ether oxygens (including phenoxy) is 1. The molecule has 0 amide bonds. The molecule has 9 heteroatoms. The average molecular weight is 355 g/mol. The van der Waals surface area contributed by atoms with Gasteiger partial charge in [-0.25, -0.2) is 15.0 Å². The molecule has 4 heterocycles. The van der Waals surface area contributed by atoms with Crippen LogP contribution in [0.15, 0.2) is 37.2 Å². The van der Waals surface area contributed by atoms with E-state index >= 15 is 0 Å². The van der Waals surface area contributed by atoms with Gasteiger partial charge in [-0.1, -0.05) is 6.07 Å². The minimum absolute atomic E-state index is 0.0383. The lowest BCUT2D eigenvalue weighted by molar-refractivity contribution is -0.135. The van der Waals surface area contributed by atoms with Crippen LogP contribution in [-0.4, -0.2) is 67.4 Å². The molecule has 1 fully saturated rings. The molecule has 1 aliphatic heterocycles. The summed E-state index contributed by atoms with van der Waals surface area (Å²) in [6.07, 6.45) is 6.28. The predicted molar refractivity (Wildman–Crippen MR) is 95.4 cm³/mol. The Bertz CT molecular complexity index is 870. The Morgan fingerprint density at radius 1 is 1.31 bits per heavy atom. The Balaban J connectivity index is 1.61. The van der Waals surface area contributed by atoms with E-state index in [1.807, 2.05) is 22.9 Å². The maximum Gasteiger partial charge on any atom is 0.167 e. The van der Waals surface area contributed by atoms with E-state index in [1.54, 1.807) is 19.6 Å². The second-order valence-corrected chi connectivity index (χ2v) is 6.25. The van der Waals surface area contributed by atoms with Crippen molar-refractivity contribution in [2.75, 3.05) is 32.1 Å². The van der Waals surface area contributed by atoms with E-state index in [1.165, 1.54) is 6.33 Å². The van der Waals surface area contributed by atoms with Crippen molar-refractivity contribution in [2.45, 2.75) is 18.9 Å². The molecule has 3 aromatic rings. The van der Waals surface area contributed by atoms with E-state index in [2.05, 4.69) is 30.2 Å². The van der Waals surface area contributed by atoms with Crippen molar-refractivity contribution in [3.63, 3.8) is 0 Å². The topological polar surface area (TPSA) is 101 Å². The van der Waals surface area contributed by atoms with Gasteiger partial charge in [0.05, 0.1) is 19.0 Å². The average Bonchev–Trinajstić information content (AvgIpc) is 3.12. The molecule has 0 saturated carbocycles. The Labute approximate surface area is 150 Å². The van der Waals surface area contributed by atoms with Crippen molar-refractivity contribution in [1.82, 2.24) is 29.4 Å². The molecule has 0 aromatic carbocycles. The van der Waals surface area contributed by atoms with Crippen molar-refractivity contribution < 1.29 is 9.84 Å². The Morgan fingerprint density at radius 3 is 3.00 bits per heavy atom. The number of aliphatic hydroxyl groups is 1. The van der Waals surface area contributed by atoms with E-state index in [4.69, 9.17) is 4.74 Å². The number of fused-ring (bicyclic) bond motifs is 1. The van der Waals surface area contributed by atoms with Crippen LogP contribution in [0.2, 0.25) is 0 Å². The minimum Gasteiger partial charge on any atom is -0.394 e. The molecule has 136 valence electrons. The van der Waals surface area contributed by atoms with Crippen LogP contribution in [0.3, 0.4) is 0 Å². The smallest absolute Gasteiger partial charge is 0.167 e. The molecule has 1 aliphatic rings. The molecule has 0 bridgehead atoms. The number of anilines is 1. The van der Waals surface area contributed by atoms with E-state index < -0.39 is 0 Å². The van der Waals surface area contributed by atoms with Gasteiger partial charge in [0.25, 0.3) is 0 Å². The van der Waals surface area contributed by atoms with Gasteiger partial charge < -0.3 is 15.2 Å². The molecule has 2 atom stereocenters. The number of hydrogen-bond acceptors (Lipinski definition) is 8.